The minimum absolute atomic E-state index is 0.157. The van der Waals surface area contributed by atoms with Crippen molar-refractivity contribution in [2.24, 2.45) is 0 Å². The summed E-state index contributed by atoms with van der Waals surface area (Å²) in [5, 5.41) is 5.59. The Morgan fingerprint density at radius 1 is 1.05 bits per heavy atom. The van der Waals surface area contributed by atoms with Gasteiger partial charge in [0.25, 0.3) is 0 Å². The Kier molecular flexibility index (Phi) is 3.75. The SMILES string of the molecule is O=C1CC(NC(c2ccccc2)c2ccncc2)C(=O)N1. The van der Waals surface area contributed by atoms with E-state index in [4.69, 9.17) is 0 Å². The molecule has 2 N–H and O–H groups in total. The lowest BCUT2D eigenvalue weighted by Crippen LogP contribution is -2.39. The first kappa shape index (κ1) is 13.5. The van der Waals surface area contributed by atoms with E-state index in [-0.39, 0.29) is 24.3 Å². The van der Waals surface area contributed by atoms with E-state index in [2.05, 4.69) is 15.6 Å². The van der Waals surface area contributed by atoms with Gasteiger partial charge in [-0.1, -0.05) is 30.3 Å². The standard InChI is InChI=1S/C16H15N3O2/c20-14-10-13(16(21)19-14)18-15(11-4-2-1-3-5-11)12-6-8-17-9-7-12/h1-9,13,15,18H,10H2,(H,19,20,21). The fraction of sp³-hybridized carbons (Fsp3) is 0.188. The van der Waals surface area contributed by atoms with Crippen LogP contribution in [0.3, 0.4) is 0 Å². The fourth-order valence-electron chi connectivity index (χ4n) is 2.48. The first-order chi connectivity index (χ1) is 10.2. The second-order valence-corrected chi connectivity index (χ2v) is 4.96. The van der Waals surface area contributed by atoms with Crippen molar-refractivity contribution in [3.63, 3.8) is 0 Å². The maximum Gasteiger partial charge on any atom is 0.244 e. The van der Waals surface area contributed by atoms with Crippen molar-refractivity contribution >= 4 is 11.8 Å². The lowest BCUT2D eigenvalue weighted by Gasteiger charge is -2.22. The third kappa shape index (κ3) is 2.98. The van der Waals surface area contributed by atoms with Gasteiger partial charge in [-0.2, -0.15) is 0 Å². The number of amides is 2. The van der Waals surface area contributed by atoms with Gasteiger partial charge in [-0.15, -0.1) is 0 Å². The summed E-state index contributed by atoms with van der Waals surface area (Å²) in [4.78, 5) is 27.1. The van der Waals surface area contributed by atoms with E-state index in [0.717, 1.165) is 11.1 Å². The minimum atomic E-state index is -0.504. The van der Waals surface area contributed by atoms with Crippen molar-refractivity contribution < 1.29 is 9.59 Å². The number of carbonyl (C=O) groups excluding carboxylic acids is 2. The van der Waals surface area contributed by atoms with Gasteiger partial charge in [0.1, 0.15) is 0 Å². The van der Waals surface area contributed by atoms with Crippen molar-refractivity contribution in [3.05, 3.63) is 66.0 Å². The van der Waals surface area contributed by atoms with Gasteiger partial charge in [0.2, 0.25) is 11.8 Å². The summed E-state index contributed by atoms with van der Waals surface area (Å²) < 4.78 is 0. The number of benzene rings is 1. The number of hydrogen-bond donors (Lipinski definition) is 2. The highest BCUT2D eigenvalue weighted by Gasteiger charge is 2.32. The second-order valence-electron chi connectivity index (χ2n) is 4.96. The van der Waals surface area contributed by atoms with Crippen molar-refractivity contribution in [3.8, 4) is 0 Å². The molecule has 1 aromatic heterocycles. The van der Waals surface area contributed by atoms with E-state index < -0.39 is 6.04 Å². The molecule has 5 nitrogen and oxygen atoms in total. The summed E-state index contributed by atoms with van der Waals surface area (Å²) in [6.07, 6.45) is 3.60. The van der Waals surface area contributed by atoms with Gasteiger partial charge in [-0.3, -0.25) is 25.2 Å². The van der Waals surface area contributed by atoms with Gasteiger partial charge in [0.05, 0.1) is 18.5 Å². The zero-order chi connectivity index (χ0) is 14.7. The minimum Gasteiger partial charge on any atom is -0.295 e. The van der Waals surface area contributed by atoms with Gasteiger partial charge in [-0.05, 0) is 23.3 Å². The Balaban J connectivity index is 1.90. The average Bonchev–Trinajstić information content (AvgIpc) is 2.84. The third-order valence-corrected chi connectivity index (χ3v) is 3.51. The molecule has 1 aliphatic heterocycles. The Labute approximate surface area is 122 Å². The highest BCUT2D eigenvalue weighted by Crippen LogP contribution is 2.23. The fourth-order valence-corrected chi connectivity index (χ4v) is 2.48. The molecule has 1 aromatic carbocycles. The Bertz CT molecular complexity index is 604. The van der Waals surface area contributed by atoms with Gasteiger partial charge in [0.15, 0.2) is 0 Å². The molecule has 106 valence electrons. The molecule has 2 heterocycles. The predicted octanol–water partition coefficient (Wildman–Crippen LogP) is 1.18. The third-order valence-electron chi connectivity index (χ3n) is 3.51. The molecule has 0 saturated carbocycles. The van der Waals surface area contributed by atoms with E-state index >= 15 is 0 Å². The number of nitrogens with zero attached hydrogens (tertiary/aromatic N) is 1. The smallest absolute Gasteiger partial charge is 0.244 e. The molecule has 2 atom stereocenters. The van der Waals surface area contributed by atoms with Crippen LogP contribution in [0.4, 0.5) is 0 Å². The summed E-state index contributed by atoms with van der Waals surface area (Å²) in [7, 11) is 0. The van der Waals surface area contributed by atoms with Crippen LogP contribution in [0.15, 0.2) is 54.9 Å². The van der Waals surface area contributed by atoms with Gasteiger partial charge in [0, 0.05) is 12.4 Å². The summed E-state index contributed by atoms with van der Waals surface area (Å²) in [5.74, 6) is -0.506. The van der Waals surface area contributed by atoms with Gasteiger partial charge < -0.3 is 0 Å². The number of rotatable bonds is 4. The van der Waals surface area contributed by atoms with Crippen LogP contribution in [0.5, 0.6) is 0 Å². The van der Waals surface area contributed by atoms with Crippen LogP contribution in [-0.2, 0) is 9.59 Å². The number of carbonyl (C=O) groups is 2. The monoisotopic (exact) mass is 281 g/mol. The molecule has 0 bridgehead atoms. The molecular formula is C16H15N3O2. The molecule has 2 unspecified atom stereocenters. The number of nitrogens with one attached hydrogen (secondary N) is 2. The number of imide groups is 1. The molecule has 1 saturated heterocycles. The molecule has 1 fully saturated rings. The van der Waals surface area contributed by atoms with Crippen molar-refractivity contribution in [2.45, 2.75) is 18.5 Å². The average molecular weight is 281 g/mol. The molecule has 21 heavy (non-hydrogen) atoms. The Hall–Kier alpha value is -2.53. The molecule has 0 spiro atoms. The van der Waals surface area contributed by atoms with Crippen molar-refractivity contribution in [2.75, 3.05) is 0 Å². The summed E-state index contributed by atoms with van der Waals surface area (Å²) in [6, 6.07) is 13.0. The molecule has 2 aromatic rings. The zero-order valence-electron chi connectivity index (χ0n) is 11.3. The Morgan fingerprint density at radius 2 is 1.71 bits per heavy atom. The van der Waals surface area contributed by atoms with E-state index in [9.17, 15) is 9.59 Å². The Morgan fingerprint density at radius 3 is 2.33 bits per heavy atom. The van der Waals surface area contributed by atoms with Crippen LogP contribution in [0.25, 0.3) is 0 Å². The maximum absolute atomic E-state index is 11.8. The van der Waals surface area contributed by atoms with E-state index in [1.165, 1.54) is 0 Å². The largest absolute Gasteiger partial charge is 0.295 e. The molecular weight excluding hydrogens is 266 g/mol. The summed E-state index contributed by atoms with van der Waals surface area (Å²) in [6.45, 7) is 0. The highest BCUT2D eigenvalue weighted by molar-refractivity contribution is 6.05. The topological polar surface area (TPSA) is 71.1 Å². The molecule has 0 aliphatic carbocycles. The number of pyridine rings is 1. The zero-order valence-corrected chi connectivity index (χ0v) is 11.3. The second kappa shape index (κ2) is 5.85. The van der Waals surface area contributed by atoms with Crippen LogP contribution in [0.2, 0.25) is 0 Å². The maximum atomic E-state index is 11.8. The van der Waals surface area contributed by atoms with E-state index in [1.807, 2.05) is 42.5 Å². The predicted molar refractivity (Wildman–Crippen MR) is 77.2 cm³/mol. The van der Waals surface area contributed by atoms with Crippen LogP contribution in [0.1, 0.15) is 23.6 Å². The normalized spacial score (nSPS) is 19.3. The van der Waals surface area contributed by atoms with E-state index in [1.54, 1.807) is 12.4 Å². The lowest BCUT2D eigenvalue weighted by atomic mass is 9.98. The van der Waals surface area contributed by atoms with Crippen LogP contribution >= 0.6 is 0 Å². The molecule has 2 amide bonds. The molecule has 1 aliphatic rings. The van der Waals surface area contributed by atoms with Gasteiger partial charge in [-0.25, -0.2) is 0 Å². The first-order valence-electron chi connectivity index (χ1n) is 6.78. The molecule has 3 rings (SSSR count). The molecule has 0 radical (unpaired) electrons. The van der Waals surface area contributed by atoms with Crippen LogP contribution in [0, 0.1) is 0 Å². The van der Waals surface area contributed by atoms with Gasteiger partial charge >= 0.3 is 0 Å². The van der Waals surface area contributed by atoms with Crippen LogP contribution < -0.4 is 10.6 Å². The first-order valence-corrected chi connectivity index (χ1v) is 6.78. The summed E-state index contributed by atoms with van der Waals surface area (Å²) >= 11 is 0. The number of aromatic nitrogens is 1. The van der Waals surface area contributed by atoms with E-state index in [0.29, 0.717) is 0 Å². The van der Waals surface area contributed by atoms with Crippen molar-refractivity contribution in [1.82, 2.24) is 15.6 Å². The quantitative estimate of drug-likeness (QED) is 0.825. The van der Waals surface area contributed by atoms with Crippen LogP contribution in [-0.4, -0.2) is 22.8 Å². The van der Waals surface area contributed by atoms with Crippen molar-refractivity contribution in [1.29, 1.82) is 0 Å². The number of hydrogen-bond acceptors (Lipinski definition) is 4. The lowest BCUT2D eigenvalue weighted by molar-refractivity contribution is -0.125. The highest BCUT2D eigenvalue weighted by atomic mass is 16.2. The summed E-state index contributed by atoms with van der Waals surface area (Å²) in [5.41, 5.74) is 2.04. The molecule has 5 heteroatoms.